The smallest absolute Gasteiger partial charge is 0.346 e. The molecule has 1 N–H and O–H groups in total. The minimum Gasteiger partial charge on any atom is -0.468 e. The third-order valence-corrected chi connectivity index (χ3v) is 5.91. The van der Waals surface area contributed by atoms with E-state index in [4.69, 9.17) is 13.9 Å². The number of esters is 2. The molecule has 1 heterocycles. The highest BCUT2D eigenvalue weighted by Gasteiger charge is 2.59. The molecule has 0 spiro atoms. The second-order valence-corrected chi connectivity index (χ2v) is 10.4. The van der Waals surface area contributed by atoms with E-state index in [0.29, 0.717) is 11.8 Å². The minimum atomic E-state index is -2.22. The Kier molecular flexibility index (Phi) is 6.24. The van der Waals surface area contributed by atoms with Gasteiger partial charge in [0.1, 0.15) is 5.58 Å². The first-order valence-corrected chi connectivity index (χ1v) is 11.0. The first-order valence-electron chi connectivity index (χ1n) is 11.0. The number of hydrogen-bond acceptors (Lipinski definition) is 8. The lowest BCUT2D eigenvalue weighted by atomic mass is 9.74. The molecule has 8 nitrogen and oxygen atoms in total. The number of nitrogens with one attached hydrogen (secondary N) is 1. The van der Waals surface area contributed by atoms with E-state index >= 15 is 0 Å². The Hall–Kier alpha value is -3.42. The molecule has 34 heavy (non-hydrogen) atoms. The summed E-state index contributed by atoms with van der Waals surface area (Å²) < 4.78 is 15.7. The average Bonchev–Trinajstić information content (AvgIpc) is 3.02. The maximum absolute atomic E-state index is 13.4. The van der Waals surface area contributed by atoms with E-state index in [0.717, 1.165) is 14.2 Å². The molecule has 8 heteroatoms. The number of carbonyl (C=O) groups is 3. The monoisotopic (exact) mass is 469 g/mol. The normalized spacial score (nSPS) is 18.0. The summed E-state index contributed by atoms with van der Waals surface area (Å²) in [5.74, 6) is -2.59. The third-order valence-electron chi connectivity index (χ3n) is 5.91. The van der Waals surface area contributed by atoms with Crippen LogP contribution in [0, 0.1) is 10.8 Å². The zero-order valence-corrected chi connectivity index (χ0v) is 20.9. The fourth-order valence-corrected chi connectivity index (χ4v) is 5.21. The highest BCUT2D eigenvalue weighted by atomic mass is 16.5. The van der Waals surface area contributed by atoms with Crippen LogP contribution in [-0.2, 0) is 23.9 Å². The van der Waals surface area contributed by atoms with Gasteiger partial charge in [-0.2, -0.15) is 0 Å². The largest absolute Gasteiger partial charge is 0.468 e. The second-order valence-electron chi connectivity index (χ2n) is 10.4. The predicted molar refractivity (Wildman–Crippen MR) is 127 cm³/mol. The van der Waals surface area contributed by atoms with Gasteiger partial charge in [0, 0.05) is 16.1 Å². The molecule has 2 aromatic rings. The molecule has 3 rings (SSSR count). The number of carbonyl (C=O) groups excluding carboxylic acids is 3. The summed E-state index contributed by atoms with van der Waals surface area (Å²) in [5.41, 5.74) is -3.91. The molecule has 1 unspecified atom stereocenters. The van der Waals surface area contributed by atoms with Crippen LogP contribution in [-0.4, -0.2) is 37.5 Å². The van der Waals surface area contributed by atoms with Gasteiger partial charge < -0.3 is 19.2 Å². The van der Waals surface area contributed by atoms with Crippen molar-refractivity contribution in [3.63, 3.8) is 0 Å². The van der Waals surface area contributed by atoms with E-state index in [2.05, 4.69) is 26.1 Å². The molecule has 1 atom stereocenters. The highest BCUT2D eigenvalue weighted by Crippen LogP contribution is 2.42. The lowest BCUT2D eigenvalue weighted by molar-refractivity contribution is -0.152. The quantitative estimate of drug-likeness (QED) is 0.387. The maximum Gasteiger partial charge on any atom is 0.346 e. The molecule has 0 radical (unpaired) electrons. The molecular formula is C26H31NO7. The number of hydrogen-bond donors (Lipinski definition) is 1. The van der Waals surface area contributed by atoms with Gasteiger partial charge in [0.2, 0.25) is 0 Å². The number of para-hydroxylation sites is 1. The number of benzene rings is 1. The first-order chi connectivity index (χ1) is 15.7. The summed E-state index contributed by atoms with van der Waals surface area (Å²) in [6.45, 7) is 11.1. The minimum absolute atomic E-state index is 0.0315. The van der Waals surface area contributed by atoms with E-state index < -0.39 is 34.3 Å². The fourth-order valence-electron chi connectivity index (χ4n) is 5.21. The number of rotatable bonds is 6. The van der Waals surface area contributed by atoms with Gasteiger partial charge in [-0.3, -0.25) is 9.59 Å². The van der Waals surface area contributed by atoms with Gasteiger partial charge in [-0.25, -0.2) is 9.59 Å². The number of Topliss-reactive ketones (excluding diaryl/α,β-unsaturated/α-hetero) is 1. The molecule has 0 amide bonds. The molecule has 0 aliphatic heterocycles. The summed E-state index contributed by atoms with van der Waals surface area (Å²) in [6.07, 6.45) is 0.612. The molecule has 0 saturated heterocycles. The Balaban J connectivity index is 2.64. The van der Waals surface area contributed by atoms with Crippen molar-refractivity contribution < 1.29 is 28.3 Å². The van der Waals surface area contributed by atoms with Gasteiger partial charge in [0.25, 0.3) is 0 Å². The maximum atomic E-state index is 13.4. The summed E-state index contributed by atoms with van der Waals surface area (Å²) in [4.78, 5) is 53.4. The topological polar surface area (TPSA) is 112 Å². The third kappa shape index (κ3) is 3.91. The van der Waals surface area contributed by atoms with E-state index in [1.165, 1.54) is 6.92 Å². The van der Waals surface area contributed by atoms with Gasteiger partial charge in [-0.15, -0.1) is 0 Å². The van der Waals surface area contributed by atoms with Crippen LogP contribution in [0.2, 0.25) is 0 Å². The van der Waals surface area contributed by atoms with Crippen LogP contribution in [0.1, 0.15) is 48.0 Å². The van der Waals surface area contributed by atoms with Crippen LogP contribution in [0.25, 0.3) is 22.2 Å². The molecule has 182 valence electrons. The number of fused-ring (bicyclic) bond motifs is 3. The Morgan fingerprint density at radius 3 is 2.15 bits per heavy atom. The lowest BCUT2D eigenvalue weighted by Gasteiger charge is -2.38. The number of ketones is 1. The fraction of sp³-hybridized carbons (Fsp3) is 0.462. The standard InChI is InChI=1S/C26H31NO7/c1-14(28)26(23(31)33-8)19(22(30)32-7)17-15-11-9-10-12-16(15)34-21(29)18(17)20(26)27-25(5,6)13-24(2,3)4/h9-12,27H,13H2,1-8H3. The lowest BCUT2D eigenvalue weighted by Crippen LogP contribution is -2.53. The van der Waals surface area contributed by atoms with Crippen molar-refractivity contribution in [2.75, 3.05) is 14.2 Å². The molecule has 1 aromatic carbocycles. The van der Waals surface area contributed by atoms with Crippen LogP contribution in [0.4, 0.5) is 0 Å². The number of ether oxygens (including phenoxy) is 2. The van der Waals surface area contributed by atoms with Crippen LogP contribution in [0.3, 0.4) is 0 Å². The van der Waals surface area contributed by atoms with E-state index in [9.17, 15) is 19.2 Å². The Bertz CT molecular complexity index is 1370. The van der Waals surface area contributed by atoms with Crippen molar-refractivity contribution >= 4 is 40.0 Å². The van der Waals surface area contributed by atoms with Gasteiger partial charge in [0.15, 0.2) is 11.2 Å². The van der Waals surface area contributed by atoms with Gasteiger partial charge in [-0.05, 0) is 38.7 Å². The number of methoxy groups -OCH3 is 2. The van der Waals surface area contributed by atoms with Crippen LogP contribution in [0.15, 0.2) is 33.5 Å². The van der Waals surface area contributed by atoms with Crippen LogP contribution < -0.4 is 21.4 Å². The molecule has 0 bridgehead atoms. The summed E-state index contributed by atoms with van der Waals surface area (Å²) >= 11 is 0. The van der Waals surface area contributed by atoms with Crippen molar-refractivity contribution in [2.24, 2.45) is 10.8 Å². The average molecular weight is 470 g/mol. The predicted octanol–water partition coefficient (Wildman–Crippen LogP) is 1.79. The first kappa shape index (κ1) is 25.2. The van der Waals surface area contributed by atoms with Gasteiger partial charge in [-0.1, -0.05) is 39.0 Å². The summed E-state index contributed by atoms with van der Waals surface area (Å²) in [6, 6.07) is 6.62. The van der Waals surface area contributed by atoms with Crippen molar-refractivity contribution in [3.05, 3.63) is 45.1 Å². The van der Waals surface area contributed by atoms with E-state index in [1.807, 2.05) is 13.8 Å². The van der Waals surface area contributed by atoms with Crippen molar-refractivity contribution in [3.8, 4) is 0 Å². The Morgan fingerprint density at radius 1 is 1.00 bits per heavy atom. The molecule has 1 aromatic heterocycles. The van der Waals surface area contributed by atoms with Crippen molar-refractivity contribution in [1.82, 2.24) is 5.32 Å². The summed E-state index contributed by atoms with van der Waals surface area (Å²) in [7, 11) is 2.28. The second kappa shape index (κ2) is 8.42. The molecular weight excluding hydrogens is 438 g/mol. The zero-order valence-electron chi connectivity index (χ0n) is 20.9. The SMILES string of the molecule is COC(=O)C1=c2c(c(=O)oc3ccccc23)=C(NC(C)(C)CC(C)(C)C)C1(C(C)=O)C(=O)OC. The Morgan fingerprint density at radius 2 is 1.62 bits per heavy atom. The molecule has 0 fully saturated rings. The summed E-state index contributed by atoms with van der Waals surface area (Å²) in [5, 5.41) is 3.76. The van der Waals surface area contributed by atoms with Crippen molar-refractivity contribution in [1.29, 1.82) is 0 Å². The van der Waals surface area contributed by atoms with Gasteiger partial charge >= 0.3 is 17.6 Å². The van der Waals surface area contributed by atoms with Crippen LogP contribution in [0.5, 0.6) is 0 Å². The Labute approximate surface area is 197 Å². The van der Waals surface area contributed by atoms with E-state index in [-0.39, 0.29) is 32.7 Å². The molecule has 0 saturated carbocycles. The highest BCUT2D eigenvalue weighted by molar-refractivity contribution is 6.33. The molecule has 1 aliphatic carbocycles. The van der Waals surface area contributed by atoms with E-state index in [1.54, 1.807) is 24.3 Å². The van der Waals surface area contributed by atoms with Gasteiger partial charge in [0.05, 0.1) is 30.7 Å². The van der Waals surface area contributed by atoms with Crippen LogP contribution >= 0.6 is 0 Å². The molecule has 1 aliphatic rings. The van der Waals surface area contributed by atoms with Crippen molar-refractivity contribution in [2.45, 2.75) is 53.5 Å². The zero-order chi connectivity index (χ0) is 25.6.